The second-order valence-corrected chi connectivity index (χ2v) is 6.35. The van der Waals surface area contributed by atoms with Gasteiger partial charge >= 0.3 is 6.09 Å². The molecule has 1 aromatic rings. The van der Waals surface area contributed by atoms with Crippen LogP contribution in [0.25, 0.3) is 0 Å². The summed E-state index contributed by atoms with van der Waals surface area (Å²) in [6, 6.07) is 8.83. The lowest BCUT2D eigenvalue weighted by Gasteiger charge is -2.23. The molecule has 0 aliphatic carbocycles. The highest BCUT2D eigenvalue weighted by Gasteiger charge is 2.24. The molecule has 0 saturated heterocycles. The van der Waals surface area contributed by atoms with Gasteiger partial charge in [0.05, 0.1) is 0 Å². The minimum atomic E-state index is -0.683. The summed E-state index contributed by atoms with van der Waals surface area (Å²) in [5.41, 5.74) is 0.354. The molecule has 22 heavy (non-hydrogen) atoms. The van der Waals surface area contributed by atoms with Crippen molar-refractivity contribution < 1.29 is 14.3 Å². The Hall–Kier alpha value is -1.69. The van der Waals surface area contributed by atoms with Crippen LogP contribution in [0.3, 0.4) is 0 Å². The Kier molecular flexibility index (Phi) is 7.24. The Morgan fingerprint density at radius 2 is 1.86 bits per heavy atom. The molecule has 0 aromatic heterocycles. The molecule has 1 atom stereocenters. The molecule has 2 N–H and O–H groups in total. The highest BCUT2D eigenvalue weighted by Crippen LogP contribution is 2.08. The molecule has 0 unspecified atom stereocenters. The van der Waals surface area contributed by atoms with Crippen molar-refractivity contribution in [2.75, 3.05) is 12.3 Å². The lowest BCUT2D eigenvalue weighted by Crippen LogP contribution is -2.49. The van der Waals surface area contributed by atoms with Crippen LogP contribution in [-0.2, 0) is 16.0 Å². The molecule has 0 heterocycles. The topological polar surface area (TPSA) is 67.4 Å². The van der Waals surface area contributed by atoms with E-state index in [0.717, 1.165) is 5.56 Å². The van der Waals surface area contributed by atoms with Crippen LogP contribution in [-0.4, -0.2) is 35.9 Å². The minimum absolute atomic E-state index is 0.247. The number of alkyl carbamates (subject to hydrolysis) is 1. The zero-order valence-electron chi connectivity index (χ0n) is 13.3. The van der Waals surface area contributed by atoms with Crippen molar-refractivity contribution in [3.8, 4) is 0 Å². The van der Waals surface area contributed by atoms with Gasteiger partial charge < -0.3 is 15.4 Å². The first-order valence-corrected chi connectivity index (χ1v) is 7.87. The van der Waals surface area contributed by atoms with Crippen LogP contribution in [0.1, 0.15) is 26.3 Å². The number of hydrogen-bond donors (Lipinski definition) is 3. The van der Waals surface area contributed by atoms with Gasteiger partial charge in [0.2, 0.25) is 5.91 Å². The maximum absolute atomic E-state index is 12.2. The van der Waals surface area contributed by atoms with Crippen LogP contribution in [0, 0.1) is 0 Å². The summed E-state index contributed by atoms with van der Waals surface area (Å²) in [6.07, 6.45) is -0.201. The third-order valence-electron chi connectivity index (χ3n) is 2.70. The van der Waals surface area contributed by atoms with E-state index in [0.29, 0.717) is 18.7 Å². The van der Waals surface area contributed by atoms with Crippen molar-refractivity contribution in [2.45, 2.75) is 38.8 Å². The van der Waals surface area contributed by atoms with Gasteiger partial charge in [-0.2, -0.15) is 12.6 Å². The van der Waals surface area contributed by atoms with Gasteiger partial charge in [-0.1, -0.05) is 30.3 Å². The van der Waals surface area contributed by atoms with Crippen LogP contribution in [0.15, 0.2) is 30.3 Å². The molecule has 1 rings (SSSR count). The van der Waals surface area contributed by atoms with Gasteiger partial charge in [-0.25, -0.2) is 4.79 Å². The molecule has 0 fully saturated rings. The van der Waals surface area contributed by atoms with Gasteiger partial charge in [-0.15, -0.1) is 0 Å². The summed E-state index contributed by atoms with van der Waals surface area (Å²) in [7, 11) is 0. The monoisotopic (exact) mass is 324 g/mol. The molecule has 0 saturated carbocycles. The lowest BCUT2D eigenvalue weighted by atomic mass is 10.1. The van der Waals surface area contributed by atoms with Gasteiger partial charge in [-0.3, -0.25) is 4.79 Å². The zero-order chi connectivity index (χ0) is 16.6. The normalized spacial score (nSPS) is 12.4. The second kappa shape index (κ2) is 8.68. The molecule has 6 heteroatoms. The third-order valence-corrected chi connectivity index (χ3v) is 2.92. The second-order valence-electron chi connectivity index (χ2n) is 5.90. The Bertz CT molecular complexity index is 486. The molecule has 5 nitrogen and oxygen atoms in total. The largest absolute Gasteiger partial charge is 0.444 e. The fourth-order valence-electron chi connectivity index (χ4n) is 1.81. The molecule has 2 amide bonds. The highest BCUT2D eigenvalue weighted by molar-refractivity contribution is 7.80. The quantitative estimate of drug-likeness (QED) is 0.703. The Morgan fingerprint density at radius 1 is 1.23 bits per heavy atom. The average Bonchev–Trinajstić information content (AvgIpc) is 2.43. The van der Waals surface area contributed by atoms with Gasteiger partial charge in [-0.05, 0) is 26.3 Å². The van der Waals surface area contributed by atoms with Crippen molar-refractivity contribution in [2.24, 2.45) is 0 Å². The molecule has 0 radical (unpaired) electrons. The summed E-state index contributed by atoms with van der Waals surface area (Å²) >= 11 is 4.06. The molecule has 122 valence electrons. The Balaban J connectivity index is 2.73. The number of benzene rings is 1. The van der Waals surface area contributed by atoms with Crippen molar-refractivity contribution in [1.29, 1.82) is 0 Å². The SMILES string of the molecule is CC(C)(C)OC(=O)N[C@@H](Cc1ccccc1)C(=O)NCCS. The average molecular weight is 324 g/mol. The van der Waals surface area contributed by atoms with E-state index >= 15 is 0 Å². The van der Waals surface area contributed by atoms with E-state index in [4.69, 9.17) is 4.74 Å². The number of carbonyl (C=O) groups is 2. The van der Waals surface area contributed by atoms with Gasteiger partial charge in [0.15, 0.2) is 0 Å². The number of nitrogens with one attached hydrogen (secondary N) is 2. The summed E-state index contributed by atoms with van der Waals surface area (Å²) in [4.78, 5) is 24.1. The molecular formula is C16H24N2O3S. The van der Waals surface area contributed by atoms with E-state index in [1.54, 1.807) is 20.8 Å². The van der Waals surface area contributed by atoms with Crippen LogP contribution in [0.5, 0.6) is 0 Å². The maximum Gasteiger partial charge on any atom is 0.408 e. The van der Waals surface area contributed by atoms with Crippen LogP contribution in [0.2, 0.25) is 0 Å². The van der Waals surface area contributed by atoms with Gasteiger partial charge in [0, 0.05) is 18.7 Å². The van der Waals surface area contributed by atoms with Crippen LogP contribution in [0.4, 0.5) is 4.79 Å². The number of amides is 2. The predicted octanol–water partition coefficient (Wildman–Crippen LogP) is 2.17. The minimum Gasteiger partial charge on any atom is -0.444 e. The standard InChI is InChI=1S/C16H24N2O3S/c1-16(2,3)21-15(20)18-13(14(19)17-9-10-22)11-12-7-5-4-6-8-12/h4-8,13,22H,9-11H2,1-3H3,(H,17,19)(H,18,20)/t13-/m0/s1. The summed E-state index contributed by atoms with van der Waals surface area (Å²) in [5, 5.41) is 5.37. The van der Waals surface area contributed by atoms with E-state index in [2.05, 4.69) is 23.3 Å². The lowest BCUT2D eigenvalue weighted by molar-refractivity contribution is -0.123. The fraction of sp³-hybridized carbons (Fsp3) is 0.500. The number of thiol groups is 1. The predicted molar refractivity (Wildman–Crippen MR) is 90.2 cm³/mol. The first kappa shape index (κ1) is 18.4. The van der Waals surface area contributed by atoms with Crippen molar-refractivity contribution in [3.63, 3.8) is 0 Å². The number of hydrogen-bond acceptors (Lipinski definition) is 4. The smallest absolute Gasteiger partial charge is 0.408 e. The van der Waals surface area contributed by atoms with E-state index in [1.165, 1.54) is 0 Å². The molecular weight excluding hydrogens is 300 g/mol. The van der Waals surface area contributed by atoms with E-state index in [1.807, 2.05) is 30.3 Å². The number of ether oxygens (including phenoxy) is 1. The van der Waals surface area contributed by atoms with E-state index in [9.17, 15) is 9.59 Å². The van der Waals surface area contributed by atoms with E-state index < -0.39 is 17.7 Å². The first-order valence-electron chi connectivity index (χ1n) is 7.24. The van der Waals surface area contributed by atoms with Crippen molar-refractivity contribution >= 4 is 24.6 Å². The third kappa shape index (κ3) is 7.36. The Labute approximate surface area is 137 Å². The molecule has 0 bridgehead atoms. The number of rotatable bonds is 6. The van der Waals surface area contributed by atoms with Crippen LogP contribution < -0.4 is 10.6 Å². The maximum atomic E-state index is 12.2. The van der Waals surface area contributed by atoms with Gasteiger partial charge in [0.1, 0.15) is 11.6 Å². The Morgan fingerprint density at radius 3 is 2.41 bits per heavy atom. The number of carbonyl (C=O) groups excluding carboxylic acids is 2. The summed E-state index contributed by atoms with van der Waals surface area (Å²) in [6.45, 7) is 5.78. The highest BCUT2D eigenvalue weighted by atomic mass is 32.1. The van der Waals surface area contributed by atoms with Crippen molar-refractivity contribution in [3.05, 3.63) is 35.9 Å². The van der Waals surface area contributed by atoms with Crippen LogP contribution >= 0.6 is 12.6 Å². The molecule has 0 spiro atoms. The first-order chi connectivity index (χ1) is 10.3. The molecule has 1 aromatic carbocycles. The molecule has 0 aliphatic rings. The summed E-state index contributed by atoms with van der Waals surface area (Å²) < 4.78 is 5.22. The zero-order valence-corrected chi connectivity index (χ0v) is 14.2. The van der Waals surface area contributed by atoms with Gasteiger partial charge in [0.25, 0.3) is 0 Å². The fourth-order valence-corrected chi connectivity index (χ4v) is 1.92. The summed E-state index contributed by atoms with van der Waals surface area (Å²) in [5.74, 6) is 0.291. The van der Waals surface area contributed by atoms with Crippen molar-refractivity contribution in [1.82, 2.24) is 10.6 Å². The molecule has 0 aliphatic heterocycles. The van der Waals surface area contributed by atoms with E-state index in [-0.39, 0.29) is 5.91 Å².